The number of hydrogen-bond acceptors (Lipinski definition) is 6. The third-order valence-corrected chi connectivity index (χ3v) is 3.89. The minimum Gasteiger partial charge on any atom is -0.497 e. The summed E-state index contributed by atoms with van der Waals surface area (Å²) >= 11 is 0. The molecule has 0 radical (unpaired) electrons. The van der Waals surface area contributed by atoms with E-state index in [-0.39, 0.29) is 5.92 Å². The summed E-state index contributed by atoms with van der Waals surface area (Å²) in [7, 11) is 3.23. The van der Waals surface area contributed by atoms with Gasteiger partial charge in [-0.2, -0.15) is 4.98 Å². The van der Waals surface area contributed by atoms with Crippen molar-refractivity contribution in [1.82, 2.24) is 15.5 Å². The van der Waals surface area contributed by atoms with Crippen molar-refractivity contribution in [2.75, 3.05) is 27.3 Å². The second kappa shape index (κ2) is 5.73. The molecule has 21 heavy (non-hydrogen) atoms. The van der Waals surface area contributed by atoms with Gasteiger partial charge in [0.05, 0.1) is 20.1 Å². The van der Waals surface area contributed by atoms with E-state index in [1.807, 2.05) is 18.2 Å². The molecule has 1 aliphatic rings. The zero-order valence-electron chi connectivity index (χ0n) is 12.4. The molecular weight excluding hydrogens is 270 g/mol. The van der Waals surface area contributed by atoms with E-state index in [1.165, 1.54) is 0 Å². The van der Waals surface area contributed by atoms with Crippen LogP contribution in [0.1, 0.15) is 18.7 Å². The van der Waals surface area contributed by atoms with E-state index in [2.05, 4.69) is 22.4 Å². The number of aromatic nitrogens is 2. The molecule has 1 aromatic carbocycles. The van der Waals surface area contributed by atoms with E-state index >= 15 is 0 Å². The van der Waals surface area contributed by atoms with Gasteiger partial charge >= 0.3 is 0 Å². The third kappa shape index (κ3) is 2.71. The van der Waals surface area contributed by atoms with Gasteiger partial charge in [-0.3, -0.25) is 0 Å². The van der Waals surface area contributed by atoms with Crippen molar-refractivity contribution in [3.63, 3.8) is 0 Å². The molecule has 0 saturated carbocycles. The Balaban J connectivity index is 1.92. The Bertz CT molecular complexity index is 604. The molecule has 6 nitrogen and oxygen atoms in total. The molecule has 112 valence electrons. The fourth-order valence-corrected chi connectivity index (χ4v) is 2.58. The first-order valence-corrected chi connectivity index (χ1v) is 6.99. The van der Waals surface area contributed by atoms with Crippen molar-refractivity contribution in [2.24, 2.45) is 5.92 Å². The van der Waals surface area contributed by atoms with Gasteiger partial charge in [0.25, 0.3) is 0 Å². The fraction of sp³-hybridized carbons (Fsp3) is 0.467. The molecule has 1 fully saturated rings. The van der Waals surface area contributed by atoms with Crippen LogP contribution in [0.4, 0.5) is 0 Å². The Morgan fingerprint density at radius 1 is 1.14 bits per heavy atom. The van der Waals surface area contributed by atoms with E-state index < -0.39 is 0 Å². The Kier molecular flexibility index (Phi) is 3.79. The van der Waals surface area contributed by atoms with Gasteiger partial charge in [0.1, 0.15) is 11.5 Å². The summed E-state index contributed by atoms with van der Waals surface area (Å²) in [5, 5.41) is 7.43. The second-order valence-electron chi connectivity index (χ2n) is 5.30. The summed E-state index contributed by atoms with van der Waals surface area (Å²) in [5.74, 6) is 3.42. The van der Waals surface area contributed by atoms with Crippen LogP contribution in [0.2, 0.25) is 0 Å². The molecule has 0 spiro atoms. The van der Waals surface area contributed by atoms with Crippen LogP contribution >= 0.6 is 0 Å². The summed E-state index contributed by atoms with van der Waals surface area (Å²) in [5.41, 5.74) is 0.819. The fourth-order valence-electron chi connectivity index (χ4n) is 2.58. The van der Waals surface area contributed by atoms with Gasteiger partial charge in [0.15, 0.2) is 0 Å². The molecule has 2 aromatic rings. The maximum absolute atomic E-state index is 5.44. The average molecular weight is 289 g/mol. The summed E-state index contributed by atoms with van der Waals surface area (Å²) in [6.45, 7) is 4.04. The number of methoxy groups -OCH3 is 2. The van der Waals surface area contributed by atoms with Crippen LogP contribution in [-0.4, -0.2) is 37.4 Å². The van der Waals surface area contributed by atoms with Crippen LogP contribution in [0.25, 0.3) is 11.4 Å². The van der Waals surface area contributed by atoms with E-state index in [1.54, 1.807) is 14.2 Å². The molecule has 2 heterocycles. The average Bonchev–Trinajstić information content (AvgIpc) is 3.15. The van der Waals surface area contributed by atoms with Crippen LogP contribution in [0, 0.1) is 5.92 Å². The van der Waals surface area contributed by atoms with Crippen molar-refractivity contribution < 1.29 is 14.0 Å². The van der Waals surface area contributed by atoms with Crippen LogP contribution in [0.15, 0.2) is 22.7 Å². The first-order valence-electron chi connectivity index (χ1n) is 6.99. The Morgan fingerprint density at radius 3 is 2.43 bits per heavy atom. The maximum Gasteiger partial charge on any atom is 0.231 e. The normalized spacial score (nSPS) is 21.5. The molecule has 0 amide bonds. The van der Waals surface area contributed by atoms with Crippen molar-refractivity contribution in [2.45, 2.75) is 12.8 Å². The molecule has 1 aliphatic heterocycles. The van der Waals surface area contributed by atoms with Crippen molar-refractivity contribution in [3.05, 3.63) is 24.1 Å². The smallest absolute Gasteiger partial charge is 0.231 e. The molecule has 0 bridgehead atoms. The Hall–Kier alpha value is -2.08. The quantitative estimate of drug-likeness (QED) is 0.929. The van der Waals surface area contributed by atoms with Gasteiger partial charge in [0.2, 0.25) is 11.7 Å². The molecule has 1 aromatic heterocycles. The molecule has 1 saturated heterocycles. The van der Waals surface area contributed by atoms with Gasteiger partial charge in [-0.15, -0.1) is 0 Å². The lowest BCUT2D eigenvalue weighted by molar-refractivity contribution is 0.340. The van der Waals surface area contributed by atoms with Gasteiger partial charge < -0.3 is 19.3 Å². The zero-order valence-corrected chi connectivity index (χ0v) is 12.4. The highest BCUT2D eigenvalue weighted by Crippen LogP contribution is 2.31. The molecular formula is C15H19N3O3. The largest absolute Gasteiger partial charge is 0.497 e. The van der Waals surface area contributed by atoms with Gasteiger partial charge in [-0.1, -0.05) is 12.1 Å². The van der Waals surface area contributed by atoms with Crippen LogP contribution in [0.5, 0.6) is 11.5 Å². The highest BCUT2D eigenvalue weighted by atomic mass is 16.5. The topological polar surface area (TPSA) is 69.4 Å². The molecule has 3 rings (SSSR count). The van der Waals surface area contributed by atoms with E-state index in [4.69, 9.17) is 14.0 Å². The van der Waals surface area contributed by atoms with Crippen LogP contribution in [0.3, 0.4) is 0 Å². The number of rotatable bonds is 4. The number of benzene rings is 1. The first-order chi connectivity index (χ1) is 10.2. The van der Waals surface area contributed by atoms with Crippen LogP contribution < -0.4 is 14.8 Å². The number of hydrogen-bond donors (Lipinski definition) is 1. The summed E-state index contributed by atoms with van der Waals surface area (Å²) < 4.78 is 16.0. The highest BCUT2D eigenvalue weighted by molar-refractivity contribution is 5.60. The summed E-state index contributed by atoms with van der Waals surface area (Å²) in [6.07, 6.45) is 0. The molecule has 6 heteroatoms. The lowest BCUT2D eigenvalue weighted by Gasteiger charge is -2.07. The predicted octanol–water partition coefficient (Wildman–Crippen LogP) is 2.08. The molecule has 2 atom stereocenters. The van der Waals surface area contributed by atoms with E-state index in [0.717, 1.165) is 18.7 Å². The Morgan fingerprint density at radius 2 is 1.86 bits per heavy atom. The minimum atomic E-state index is 0.277. The number of nitrogens with one attached hydrogen (secondary N) is 1. The monoisotopic (exact) mass is 289 g/mol. The number of ether oxygens (including phenoxy) is 2. The molecule has 1 N–H and O–H groups in total. The molecule has 0 aliphatic carbocycles. The first kappa shape index (κ1) is 13.9. The zero-order chi connectivity index (χ0) is 14.8. The van der Waals surface area contributed by atoms with Gasteiger partial charge in [0, 0.05) is 18.2 Å². The predicted molar refractivity (Wildman–Crippen MR) is 77.6 cm³/mol. The standard InChI is InChI=1S/C15H19N3O3/c1-9-7-16-8-13(9)15-17-14(18-21-15)10-4-11(19-2)6-12(5-10)20-3/h4-6,9,13,16H,7-8H2,1-3H3/t9-,13-/m1/s1. The maximum atomic E-state index is 5.44. The van der Waals surface area contributed by atoms with Crippen LogP contribution in [-0.2, 0) is 0 Å². The van der Waals surface area contributed by atoms with Gasteiger partial charge in [-0.25, -0.2) is 0 Å². The summed E-state index contributed by atoms with van der Waals surface area (Å²) in [4.78, 5) is 4.53. The van der Waals surface area contributed by atoms with Crippen molar-refractivity contribution in [1.29, 1.82) is 0 Å². The Labute approximate surface area is 123 Å². The SMILES string of the molecule is COc1cc(OC)cc(-c2noc([C@@H]3CNC[C@H]3C)n2)c1. The number of nitrogens with zero attached hydrogens (tertiary/aromatic N) is 2. The third-order valence-electron chi connectivity index (χ3n) is 3.89. The van der Waals surface area contributed by atoms with E-state index in [0.29, 0.717) is 29.1 Å². The van der Waals surface area contributed by atoms with Crippen molar-refractivity contribution in [3.8, 4) is 22.9 Å². The molecule has 0 unspecified atom stereocenters. The minimum absolute atomic E-state index is 0.277. The van der Waals surface area contributed by atoms with Crippen molar-refractivity contribution >= 4 is 0 Å². The summed E-state index contributed by atoms with van der Waals surface area (Å²) in [6, 6.07) is 5.55. The lowest BCUT2D eigenvalue weighted by atomic mass is 9.98. The highest BCUT2D eigenvalue weighted by Gasteiger charge is 2.29. The lowest BCUT2D eigenvalue weighted by Crippen LogP contribution is -2.08. The second-order valence-corrected chi connectivity index (χ2v) is 5.30. The van der Waals surface area contributed by atoms with Gasteiger partial charge in [-0.05, 0) is 24.6 Å². The van der Waals surface area contributed by atoms with E-state index in [9.17, 15) is 0 Å².